The predicted octanol–water partition coefficient (Wildman–Crippen LogP) is 3.23. The highest BCUT2D eigenvalue weighted by Crippen LogP contribution is 2.31. The number of carbonyl (C=O) groups is 2. The van der Waals surface area contributed by atoms with Gasteiger partial charge in [0.15, 0.2) is 0 Å². The van der Waals surface area contributed by atoms with E-state index in [2.05, 4.69) is 46.7 Å². The van der Waals surface area contributed by atoms with E-state index in [-0.39, 0.29) is 17.9 Å². The van der Waals surface area contributed by atoms with E-state index in [1.165, 1.54) is 5.56 Å². The van der Waals surface area contributed by atoms with Crippen LogP contribution in [0.1, 0.15) is 33.9 Å². The molecule has 4 rings (SSSR count). The van der Waals surface area contributed by atoms with E-state index in [0.29, 0.717) is 12.0 Å². The summed E-state index contributed by atoms with van der Waals surface area (Å²) in [7, 11) is 0. The van der Waals surface area contributed by atoms with Crippen LogP contribution >= 0.6 is 11.8 Å². The van der Waals surface area contributed by atoms with Crippen molar-refractivity contribution in [2.75, 3.05) is 43.9 Å². The van der Waals surface area contributed by atoms with Gasteiger partial charge in [-0.25, -0.2) is 0 Å². The number of amides is 2. The van der Waals surface area contributed by atoms with Gasteiger partial charge < -0.3 is 15.4 Å². The monoisotopic (exact) mass is 425 g/mol. The summed E-state index contributed by atoms with van der Waals surface area (Å²) in [5, 5.41) is 6.12. The Kier molecular flexibility index (Phi) is 6.72. The van der Waals surface area contributed by atoms with Crippen molar-refractivity contribution in [3.05, 3.63) is 59.2 Å². The van der Waals surface area contributed by atoms with Gasteiger partial charge in [0.1, 0.15) is 0 Å². The van der Waals surface area contributed by atoms with Crippen LogP contribution < -0.4 is 10.6 Å². The van der Waals surface area contributed by atoms with Crippen molar-refractivity contribution in [3.8, 4) is 0 Å². The highest BCUT2D eigenvalue weighted by molar-refractivity contribution is 7.99. The molecule has 0 spiro atoms. The van der Waals surface area contributed by atoms with Crippen LogP contribution in [0.5, 0.6) is 0 Å². The topological polar surface area (TPSA) is 70.7 Å². The Balaban J connectivity index is 1.53. The number of hydrogen-bond donors (Lipinski definition) is 2. The Morgan fingerprint density at radius 2 is 1.97 bits per heavy atom. The predicted molar refractivity (Wildman–Crippen MR) is 119 cm³/mol. The van der Waals surface area contributed by atoms with Crippen molar-refractivity contribution >= 4 is 29.3 Å². The molecule has 1 fully saturated rings. The van der Waals surface area contributed by atoms with Crippen molar-refractivity contribution in [2.24, 2.45) is 0 Å². The summed E-state index contributed by atoms with van der Waals surface area (Å²) in [5.41, 5.74) is 3.54. The standard InChI is InChI=1S/C23H27N3O3S/c1-16-2-4-17(5-3-16)20(15-26-9-11-29-12-10-26)25-23(28)18-6-7-21-19(14-18)24-22(27)8-13-30-21/h2-7,14,20H,8-13,15H2,1H3,(H,24,27)(H,25,28)/t20-/m0/s1. The van der Waals surface area contributed by atoms with Gasteiger partial charge in [-0.2, -0.15) is 0 Å². The number of nitrogens with one attached hydrogen (secondary N) is 2. The molecule has 2 aromatic carbocycles. The van der Waals surface area contributed by atoms with Crippen LogP contribution in [0.25, 0.3) is 0 Å². The van der Waals surface area contributed by atoms with Crippen LogP contribution in [-0.4, -0.2) is 55.3 Å². The number of nitrogens with zero attached hydrogens (tertiary/aromatic N) is 1. The molecule has 0 saturated carbocycles. The Morgan fingerprint density at radius 1 is 1.20 bits per heavy atom. The number of anilines is 1. The number of carbonyl (C=O) groups excluding carboxylic acids is 2. The summed E-state index contributed by atoms with van der Waals surface area (Å²) in [6.45, 7) is 5.95. The minimum atomic E-state index is -0.139. The number of morpholine rings is 1. The lowest BCUT2D eigenvalue weighted by atomic mass is 10.0. The molecule has 2 aliphatic rings. The van der Waals surface area contributed by atoms with E-state index in [0.717, 1.165) is 54.7 Å². The third-order valence-electron chi connectivity index (χ3n) is 5.43. The molecule has 1 atom stereocenters. The molecule has 2 aromatic rings. The normalized spacial score (nSPS) is 18.1. The van der Waals surface area contributed by atoms with Gasteiger partial charge in [0.25, 0.3) is 5.91 Å². The maximum absolute atomic E-state index is 13.1. The van der Waals surface area contributed by atoms with Crippen LogP contribution in [0.3, 0.4) is 0 Å². The molecule has 2 aliphatic heterocycles. The van der Waals surface area contributed by atoms with Gasteiger partial charge in [0.2, 0.25) is 5.91 Å². The van der Waals surface area contributed by atoms with Gasteiger partial charge in [-0.3, -0.25) is 14.5 Å². The van der Waals surface area contributed by atoms with Crippen molar-refractivity contribution in [1.82, 2.24) is 10.2 Å². The average molecular weight is 426 g/mol. The molecule has 7 heteroatoms. The van der Waals surface area contributed by atoms with E-state index in [1.807, 2.05) is 12.1 Å². The highest BCUT2D eigenvalue weighted by atomic mass is 32.2. The number of aryl methyl sites for hydroxylation is 1. The van der Waals surface area contributed by atoms with E-state index in [9.17, 15) is 9.59 Å². The molecule has 158 valence electrons. The molecule has 1 saturated heterocycles. The lowest BCUT2D eigenvalue weighted by Crippen LogP contribution is -2.43. The zero-order valence-electron chi connectivity index (χ0n) is 17.1. The van der Waals surface area contributed by atoms with Crippen LogP contribution in [-0.2, 0) is 9.53 Å². The van der Waals surface area contributed by atoms with Crippen LogP contribution in [0.15, 0.2) is 47.4 Å². The molecule has 6 nitrogen and oxygen atoms in total. The van der Waals surface area contributed by atoms with Gasteiger partial charge in [0, 0.05) is 42.3 Å². The first-order valence-electron chi connectivity index (χ1n) is 10.3. The summed E-state index contributed by atoms with van der Waals surface area (Å²) in [4.78, 5) is 28.3. The summed E-state index contributed by atoms with van der Waals surface area (Å²) in [6.07, 6.45) is 0.482. The van der Waals surface area contributed by atoms with Crippen LogP contribution in [0, 0.1) is 6.92 Å². The first-order valence-corrected chi connectivity index (χ1v) is 11.3. The highest BCUT2D eigenvalue weighted by Gasteiger charge is 2.22. The van der Waals surface area contributed by atoms with Crippen molar-refractivity contribution in [1.29, 1.82) is 0 Å². The Labute approximate surface area is 181 Å². The van der Waals surface area contributed by atoms with Crippen molar-refractivity contribution in [3.63, 3.8) is 0 Å². The van der Waals surface area contributed by atoms with E-state index >= 15 is 0 Å². The first kappa shape index (κ1) is 20.9. The van der Waals surface area contributed by atoms with Gasteiger partial charge in [-0.15, -0.1) is 11.8 Å². The molecule has 2 N–H and O–H groups in total. The van der Waals surface area contributed by atoms with Crippen molar-refractivity contribution in [2.45, 2.75) is 24.3 Å². The lowest BCUT2D eigenvalue weighted by Gasteiger charge is -2.31. The second kappa shape index (κ2) is 9.64. The molecule has 30 heavy (non-hydrogen) atoms. The molecule has 0 unspecified atom stereocenters. The van der Waals surface area contributed by atoms with Crippen molar-refractivity contribution < 1.29 is 14.3 Å². The molecular weight excluding hydrogens is 398 g/mol. The lowest BCUT2D eigenvalue weighted by molar-refractivity contribution is -0.115. The second-order valence-corrected chi connectivity index (χ2v) is 8.84. The quantitative estimate of drug-likeness (QED) is 0.770. The fraction of sp³-hybridized carbons (Fsp3) is 0.391. The van der Waals surface area contributed by atoms with Crippen LogP contribution in [0.2, 0.25) is 0 Å². The average Bonchev–Trinajstić information content (AvgIpc) is 2.94. The largest absolute Gasteiger partial charge is 0.379 e. The third-order valence-corrected chi connectivity index (χ3v) is 6.51. The third kappa shape index (κ3) is 5.22. The minimum absolute atomic E-state index is 0.0105. The molecule has 0 radical (unpaired) electrons. The number of hydrogen-bond acceptors (Lipinski definition) is 5. The van der Waals surface area contributed by atoms with Crippen LogP contribution in [0.4, 0.5) is 5.69 Å². The zero-order valence-corrected chi connectivity index (χ0v) is 18.0. The molecular formula is C23H27N3O3S. The number of thioether (sulfide) groups is 1. The summed E-state index contributed by atoms with van der Waals surface area (Å²) in [5.74, 6) is 0.600. The Bertz CT molecular complexity index is 910. The maximum atomic E-state index is 13.1. The van der Waals surface area contributed by atoms with Gasteiger partial charge in [-0.1, -0.05) is 29.8 Å². The van der Waals surface area contributed by atoms with Gasteiger partial charge in [0.05, 0.1) is 24.9 Å². The number of fused-ring (bicyclic) bond motifs is 1. The first-order chi connectivity index (χ1) is 14.6. The second-order valence-electron chi connectivity index (χ2n) is 7.71. The fourth-order valence-electron chi connectivity index (χ4n) is 3.68. The summed E-state index contributed by atoms with van der Waals surface area (Å²) < 4.78 is 5.46. The minimum Gasteiger partial charge on any atom is -0.379 e. The Hall–Kier alpha value is -2.35. The number of rotatable bonds is 5. The van der Waals surface area contributed by atoms with Gasteiger partial charge in [-0.05, 0) is 30.7 Å². The molecule has 0 bridgehead atoms. The van der Waals surface area contributed by atoms with E-state index in [4.69, 9.17) is 4.74 Å². The smallest absolute Gasteiger partial charge is 0.251 e. The summed E-state index contributed by atoms with van der Waals surface area (Å²) >= 11 is 1.64. The molecule has 2 heterocycles. The Morgan fingerprint density at radius 3 is 2.73 bits per heavy atom. The fourth-order valence-corrected chi connectivity index (χ4v) is 4.61. The molecule has 0 aromatic heterocycles. The number of ether oxygens (including phenoxy) is 1. The maximum Gasteiger partial charge on any atom is 0.251 e. The van der Waals surface area contributed by atoms with E-state index < -0.39 is 0 Å². The van der Waals surface area contributed by atoms with Gasteiger partial charge >= 0.3 is 0 Å². The zero-order chi connectivity index (χ0) is 20.9. The molecule has 2 amide bonds. The summed E-state index contributed by atoms with van der Waals surface area (Å²) in [6, 6.07) is 13.7. The molecule has 0 aliphatic carbocycles. The SMILES string of the molecule is Cc1ccc([C@H](CN2CCOCC2)NC(=O)c2ccc3c(c2)NC(=O)CCS3)cc1. The van der Waals surface area contributed by atoms with E-state index in [1.54, 1.807) is 17.8 Å². The number of benzene rings is 2.